The Morgan fingerprint density at radius 1 is 1.38 bits per heavy atom. The van der Waals surface area contributed by atoms with E-state index in [-0.39, 0.29) is 13.2 Å². The molecule has 1 aromatic rings. The van der Waals surface area contributed by atoms with Crippen LogP contribution in [0.4, 0.5) is 4.39 Å². The van der Waals surface area contributed by atoms with Gasteiger partial charge in [0.1, 0.15) is 0 Å². The molecule has 1 heterocycles. The third-order valence-electron chi connectivity index (χ3n) is 4.00. The first-order valence-electron chi connectivity index (χ1n) is 7.96. The normalized spacial score (nSPS) is 23.3. The lowest BCUT2D eigenvalue weighted by Crippen LogP contribution is -2.50. The lowest BCUT2D eigenvalue weighted by atomic mass is 9.80. The number of ether oxygens (including phenoxy) is 3. The third kappa shape index (κ3) is 3.82. The van der Waals surface area contributed by atoms with E-state index in [0.29, 0.717) is 5.56 Å². The van der Waals surface area contributed by atoms with Crippen LogP contribution in [-0.2, 0) is 19.0 Å². The van der Waals surface area contributed by atoms with Gasteiger partial charge in [-0.2, -0.15) is 0 Å². The van der Waals surface area contributed by atoms with Crippen molar-refractivity contribution in [1.82, 2.24) is 0 Å². The summed E-state index contributed by atoms with van der Waals surface area (Å²) in [7, 11) is 0. The molecule has 1 saturated heterocycles. The predicted molar refractivity (Wildman–Crippen MR) is 85.3 cm³/mol. The summed E-state index contributed by atoms with van der Waals surface area (Å²) in [5.74, 6) is -3.89. The summed E-state index contributed by atoms with van der Waals surface area (Å²) in [6, 6.07) is 8.28. The van der Waals surface area contributed by atoms with Gasteiger partial charge in [0, 0.05) is 5.56 Å². The molecule has 1 fully saturated rings. The lowest BCUT2D eigenvalue weighted by Gasteiger charge is -2.31. The number of benzene rings is 1. The van der Waals surface area contributed by atoms with Crippen LogP contribution < -0.4 is 0 Å². The summed E-state index contributed by atoms with van der Waals surface area (Å²) in [5.41, 5.74) is -2.22. The van der Waals surface area contributed by atoms with Crippen LogP contribution in [0.2, 0.25) is 0 Å². The second-order valence-corrected chi connectivity index (χ2v) is 6.37. The Balaban J connectivity index is 2.38. The van der Waals surface area contributed by atoms with E-state index in [4.69, 9.17) is 14.2 Å². The molecular formula is C18H23FO5. The van der Waals surface area contributed by atoms with Gasteiger partial charge in [0.05, 0.1) is 25.2 Å². The molecule has 2 rings (SSSR count). The molecule has 0 saturated carbocycles. The monoisotopic (exact) mass is 338 g/mol. The SMILES string of the molecule is CCOC(=O)C(C)(F)C(C(=O)c1ccccc1)[C@@H]1COC(C)(C)O1. The molecule has 1 aromatic carbocycles. The van der Waals surface area contributed by atoms with Crippen molar-refractivity contribution in [3.63, 3.8) is 0 Å². The number of rotatable bonds is 6. The number of carbonyl (C=O) groups excluding carboxylic acids is 2. The van der Waals surface area contributed by atoms with Crippen molar-refractivity contribution in [2.24, 2.45) is 5.92 Å². The second-order valence-electron chi connectivity index (χ2n) is 6.37. The number of hydrogen-bond acceptors (Lipinski definition) is 5. The van der Waals surface area contributed by atoms with Gasteiger partial charge in [-0.15, -0.1) is 0 Å². The quantitative estimate of drug-likeness (QED) is 0.589. The van der Waals surface area contributed by atoms with Gasteiger partial charge in [0.15, 0.2) is 11.6 Å². The average molecular weight is 338 g/mol. The Kier molecular flexibility index (Phi) is 5.40. The molecule has 0 aromatic heterocycles. The van der Waals surface area contributed by atoms with Crippen LogP contribution in [0.25, 0.3) is 0 Å². The van der Waals surface area contributed by atoms with E-state index < -0.39 is 35.2 Å². The number of carbonyl (C=O) groups is 2. The fraction of sp³-hybridized carbons (Fsp3) is 0.556. The van der Waals surface area contributed by atoms with Gasteiger partial charge in [0.2, 0.25) is 5.67 Å². The Morgan fingerprint density at radius 3 is 2.50 bits per heavy atom. The average Bonchev–Trinajstić information content (AvgIpc) is 2.87. The summed E-state index contributed by atoms with van der Waals surface area (Å²) >= 11 is 0. The van der Waals surface area contributed by atoms with Gasteiger partial charge >= 0.3 is 5.97 Å². The van der Waals surface area contributed by atoms with E-state index >= 15 is 4.39 Å². The summed E-state index contributed by atoms with van der Waals surface area (Å²) in [4.78, 5) is 25.0. The molecule has 0 aliphatic carbocycles. The molecule has 0 spiro atoms. The van der Waals surface area contributed by atoms with Gasteiger partial charge in [-0.3, -0.25) is 4.79 Å². The molecule has 0 radical (unpaired) electrons. The molecule has 0 amide bonds. The highest BCUT2D eigenvalue weighted by molar-refractivity contribution is 6.02. The molecule has 1 aliphatic rings. The van der Waals surface area contributed by atoms with Crippen LogP contribution in [0.5, 0.6) is 0 Å². The largest absolute Gasteiger partial charge is 0.464 e. The number of halogens is 1. The summed E-state index contributed by atoms with van der Waals surface area (Å²) < 4.78 is 31.3. The van der Waals surface area contributed by atoms with Crippen molar-refractivity contribution in [2.75, 3.05) is 13.2 Å². The van der Waals surface area contributed by atoms with Crippen LogP contribution in [0.15, 0.2) is 30.3 Å². The molecule has 3 atom stereocenters. The first-order chi connectivity index (χ1) is 11.2. The van der Waals surface area contributed by atoms with E-state index in [0.717, 1.165) is 6.92 Å². The molecule has 24 heavy (non-hydrogen) atoms. The highest BCUT2D eigenvalue weighted by Gasteiger charge is 2.54. The fourth-order valence-corrected chi connectivity index (χ4v) is 2.82. The highest BCUT2D eigenvalue weighted by Crippen LogP contribution is 2.37. The van der Waals surface area contributed by atoms with Crippen molar-refractivity contribution >= 4 is 11.8 Å². The first kappa shape index (κ1) is 18.5. The first-order valence-corrected chi connectivity index (χ1v) is 7.96. The van der Waals surface area contributed by atoms with E-state index in [1.165, 1.54) is 0 Å². The lowest BCUT2D eigenvalue weighted by molar-refractivity contribution is -0.169. The van der Waals surface area contributed by atoms with Gasteiger partial charge in [0.25, 0.3) is 0 Å². The van der Waals surface area contributed by atoms with Crippen LogP contribution in [-0.4, -0.2) is 42.5 Å². The molecular weight excluding hydrogens is 315 g/mol. The Morgan fingerprint density at radius 2 is 2.00 bits per heavy atom. The Hall–Kier alpha value is -1.79. The minimum atomic E-state index is -2.53. The van der Waals surface area contributed by atoms with Gasteiger partial charge < -0.3 is 14.2 Å². The highest BCUT2D eigenvalue weighted by atomic mass is 19.1. The zero-order valence-corrected chi connectivity index (χ0v) is 14.4. The van der Waals surface area contributed by atoms with E-state index in [9.17, 15) is 9.59 Å². The summed E-state index contributed by atoms with van der Waals surface area (Å²) in [5, 5.41) is 0. The van der Waals surface area contributed by atoms with E-state index in [2.05, 4.69) is 0 Å². The molecule has 6 heteroatoms. The molecule has 5 nitrogen and oxygen atoms in total. The molecule has 1 aliphatic heterocycles. The molecule has 2 unspecified atom stereocenters. The maximum absolute atomic E-state index is 15.3. The van der Waals surface area contributed by atoms with Crippen molar-refractivity contribution < 1.29 is 28.2 Å². The zero-order valence-electron chi connectivity index (χ0n) is 14.4. The number of hydrogen-bond donors (Lipinski definition) is 0. The van der Waals surface area contributed by atoms with Crippen LogP contribution in [0.3, 0.4) is 0 Å². The number of ketones is 1. The van der Waals surface area contributed by atoms with Crippen molar-refractivity contribution in [1.29, 1.82) is 0 Å². The van der Waals surface area contributed by atoms with E-state index in [1.54, 1.807) is 51.1 Å². The number of esters is 1. The maximum atomic E-state index is 15.3. The zero-order chi connectivity index (χ0) is 18.0. The number of Topliss-reactive ketones (excluding diaryl/α,β-unsaturated/α-hetero) is 1. The molecule has 0 N–H and O–H groups in total. The number of alkyl halides is 1. The minimum absolute atomic E-state index is 0.0230. The van der Waals surface area contributed by atoms with Crippen LogP contribution >= 0.6 is 0 Å². The fourth-order valence-electron chi connectivity index (χ4n) is 2.82. The minimum Gasteiger partial charge on any atom is -0.464 e. The Labute approximate surface area is 141 Å². The van der Waals surface area contributed by atoms with Crippen molar-refractivity contribution in [2.45, 2.75) is 45.3 Å². The van der Waals surface area contributed by atoms with Crippen LogP contribution in [0.1, 0.15) is 38.1 Å². The predicted octanol–water partition coefficient (Wildman–Crippen LogP) is 2.93. The molecule has 0 bridgehead atoms. The molecule has 132 valence electrons. The summed E-state index contributed by atoms with van der Waals surface area (Å²) in [6.45, 7) is 6.05. The third-order valence-corrected chi connectivity index (χ3v) is 4.00. The standard InChI is InChI=1S/C18H23FO5/c1-5-22-16(21)18(4,19)14(13-11-23-17(2,3)24-13)15(20)12-9-7-6-8-10-12/h6-10,13-14H,5,11H2,1-4H3/t13-,14?,18?/m0/s1. The smallest absolute Gasteiger partial charge is 0.344 e. The van der Waals surface area contributed by atoms with E-state index in [1.807, 2.05) is 0 Å². The van der Waals surface area contributed by atoms with Crippen molar-refractivity contribution in [3.05, 3.63) is 35.9 Å². The van der Waals surface area contributed by atoms with Gasteiger partial charge in [-0.25, -0.2) is 9.18 Å². The topological polar surface area (TPSA) is 61.8 Å². The maximum Gasteiger partial charge on any atom is 0.344 e. The summed E-state index contributed by atoms with van der Waals surface area (Å²) in [6.07, 6.45) is -0.882. The van der Waals surface area contributed by atoms with Crippen LogP contribution in [0, 0.1) is 5.92 Å². The van der Waals surface area contributed by atoms with Crippen molar-refractivity contribution in [3.8, 4) is 0 Å². The van der Waals surface area contributed by atoms with Gasteiger partial charge in [-0.1, -0.05) is 30.3 Å². The second kappa shape index (κ2) is 6.99. The Bertz CT molecular complexity index is 597. The van der Waals surface area contributed by atoms with Gasteiger partial charge in [-0.05, 0) is 27.7 Å².